The predicted octanol–water partition coefficient (Wildman–Crippen LogP) is 7.03. The molecule has 5 rings (SSSR count). The minimum atomic E-state index is 0.899. The molecule has 5 aromatic carbocycles. The fourth-order valence-corrected chi connectivity index (χ4v) is 3.92. The fourth-order valence-electron chi connectivity index (χ4n) is 3.92. The van der Waals surface area contributed by atoms with E-state index < -0.39 is 0 Å². The molecular weight excluding hydrogens is 300 g/mol. The van der Waals surface area contributed by atoms with Crippen molar-refractivity contribution >= 4 is 43.1 Å². The van der Waals surface area contributed by atoms with Crippen molar-refractivity contribution in [2.24, 2.45) is 0 Å². The first-order chi connectivity index (χ1) is 12.3. The SMILES string of the molecule is C=CCc1cccc2cc3ccc4cc5ccccc5cc4c3cc12. The standard InChI is InChI=1S/C25H18/c1-2-6-17-9-5-10-20-14-22-12-11-21-13-18-7-3-4-8-19(18)15-24(21)25(22)16-23(17)20/h2-5,7-16H,1,6H2. The Morgan fingerprint density at radius 3 is 1.92 bits per heavy atom. The van der Waals surface area contributed by atoms with Crippen LogP contribution in [0.15, 0.2) is 91.5 Å². The number of hydrogen-bond donors (Lipinski definition) is 0. The molecule has 0 unspecified atom stereocenters. The van der Waals surface area contributed by atoms with Crippen LogP contribution in [0.2, 0.25) is 0 Å². The summed E-state index contributed by atoms with van der Waals surface area (Å²) in [4.78, 5) is 0. The lowest BCUT2D eigenvalue weighted by molar-refractivity contribution is 1.31. The Bertz CT molecular complexity index is 1280. The predicted molar refractivity (Wildman–Crippen MR) is 110 cm³/mol. The van der Waals surface area contributed by atoms with Gasteiger partial charge in [0.2, 0.25) is 0 Å². The second kappa shape index (κ2) is 5.46. The van der Waals surface area contributed by atoms with E-state index in [0.717, 1.165) is 6.42 Å². The quantitative estimate of drug-likeness (QED) is 0.186. The van der Waals surface area contributed by atoms with E-state index in [1.807, 2.05) is 6.08 Å². The van der Waals surface area contributed by atoms with Crippen LogP contribution < -0.4 is 0 Å². The normalized spacial score (nSPS) is 11.5. The monoisotopic (exact) mass is 318 g/mol. The van der Waals surface area contributed by atoms with E-state index in [0.29, 0.717) is 0 Å². The molecule has 0 amide bonds. The second-order valence-corrected chi connectivity index (χ2v) is 6.69. The van der Waals surface area contributed by atoms with Crippen LogP contribution in [0.4, 0.5) is 0 Å². The van der Waals surface area contributed by atoms with Crippen LogP contribution in [0, 0.1) is 0 Å². The Kier molecular flexibility index (Phi) is 3.11. The first kappa shape index (κ1) is 14.2. The largest absolute Gasteiger partial charge is 0.103 e. The van der Waals surface area contributed by atoms with Crippen molar-refractivity contribution in [2.45, 2.75) is 6.42 Å². The van der Waals surface area contributed by atoms with Crippen molar-refractivity contribution in [2.75, 3.05) is 0 Å². The van der Waals surface area contributed by atoms with Crippen molar-refractivity contribution in [1.82, 2.24) is 0 Å². The maximum Gasteiger partial charge on any atom is -0.00940 e. The van der Waals surface area contributed by atoms with Gasteiger partial charge in [-0.15, -0.1) is 6.58 Å². The topological polar surface area (TPSA) is 0 Å². The van der Waals surface area contributed by atoms with E-state index in [1.54, 1.807) is 0 Å². The van der Waals surface area contributed by atoms with Gasteiger partial charge in [0, 0.05) is 0 Å². The Morgan fingerprint density at radius 1 is 0.560 bits per heavy atom. The summed E-state index contributed by atoms with van der Waals surface area (Å²) in [6.45, 7) is 3.91. The highest BCUT2D eigenvalue weighted by Gasteiger charge is 2.06. The highest BCUT2D eigenvalue weighted by molar-refractivity contribution is 6.15. The van der Waals surface area contributed by atoms with Crippen molar-refractivity contribution in [3.8, 4) is 0 Å². The molecule has 0 fully saturated rings. The van der Waals surface area contributed by atoms with E-state index in [4.69, 9.17) is 0 Å². The Labute approximate surface area is 147 Å². The van der Waals surface area contributed by atoms with Crippen LogP contribution >= 0.6 is 0 Å². The third kappa shape index (κ3) is 2.22. The van der Waals surface area contributed by atoms with E-state index in [-0.39, 0.29) is 0 Å². The van der Waals surface area contributed by atoms with Crippen LogP contribution in [0.3, 0.4) is 0 Å². The molecule has 118 valence electrons. The fraction of sp³-hybridized carbons (Fsp3) is 0.0400. The molecule has 0 aliphatic heterocycles. The third-order valence-electron chi connectivity index (χ3n) is 5.16. The maximum atomic E-state index is 3.91. The molecule has 0 aromatic heterocycles. The molecule has 5 aromatic rings. The van der Waals surface area contributed by atoms with Crippen molar-refractivity contribution < 1.29 is 0 Å². The molecule has 0 N–H and O–H groups in total. The van der Waals surface area contributed by atoms with Gasteiger partial charge < -0.3 is 0 Å². The Hall–Kier alpha value is -3.12. The van der Waals surface area contributed by atoms with Crippen LogP contribution in [0.5, 0.6) is 0 Å². The molecule has 0 aliphatic carbocycles. The summed E-state index contributed by atoms with van der Waals surface area (Å²) in [7, 11) is 0. The molecule has 0 spiro atoms. The molecule has 0 heterocycles. The van der Waals surface area contributed by atoms with Gasteiger partial charge in [0.15, 0.2) is 0 Å². The van der Waals surface area contributed by atoms with Gasteiger partial charge in [0.05, 0.1) is 0 Å². The molecule has 0 nitrogen and oxygen atoms in total. The van der Waals surface area contributed by atoms with Crippen LogP contribution in [0.1, 0.15) is 5.56 Å². The van der Waals surface area contributed by atoms with Gasteiger partial charge in [-0.05, 0) is 79.3 Å². The molecule has 0 aliphatic rings. The molecule has 25 heavy (non-hydrogen) atoms. The summed E-state index contributed by atoms with van der Waals surface area (Å²) in [6, 6.07) is 28.9. The molecular formula is C25H18. The molecule has 0 radical (unpaired) electrons. The average Bonchev–Trinajstić information content (AvgIpc) is 2.65. The summed E-state index contributed by atoms with van der Waals surface area (Å²) in [5, 5.41) is 10.5. The zero-order valence-corrected chi connectivity index (χ0v) is 14.0. The number of hydrogen-bond acceptors (Lipinski definition) is 0. The molecule has 0 bridgehead atoms. The second-order valence-electron chi connectivity index (χ2n) is 6.69. The highest BCUT2D eigenvalue weighted by Crippen LogP contribution is 2.33. The minimum absolute atomic E-state index is 0.899. The van der Waals surface area contributed by atoms with E-state index in [2.05, 4.69) is 85.4 Å². The average molecular weight is 318 g/mol. The van der Waals surface area contributed by atoms with Gasteiger partial charge in [-0.2, -0.15) is 0 Å². The molecule has 0 saturated heterocycles. The highest BCUT2D eigenvalue weighted by atomic mass is 14.1. The first-order valence-electron chi connectivity index (χ1n) is 8.71. The number of fused-ring (bicyclic) bond motifs is 5. The number of allylic oxidation sites excluding steroid dienone is 1. The van der Waals surface area contributed by atoms with Crippen molar-refractivity contribution in [1.29, 1.82) is 0 Å². The number of rotatable bonds is 2. The Morgan fingerprint density at radius 2 is 1.16 bits per heavy atom. The van der Waals surface area contributed by atoms with Gasteiger partial charge >= 0.3 is 0 Å². The molecule has 0 heteroatoms. The van der Waals surface area contributed by atoms with Crippen molar-refractivity contribution in [3.05, 3.63) is 97.1 Å². The van der Waals surface area contributed by atoms with E-state index >= 15 is 0 Å². The summed E-state index contributed by atoms with van der Waals surface area (Å²) in [5.41, 5.74) is 1.34. The summed E-state index contributed by atoms with van der Waals surface area (Å²) in [6.07, 6.45) is 2.88. The maximum absolute atomic E-state index is 3.91. The third-order valence-corrected chi connectivity index (χ3v) is 5.16. The lowest BCUT2D eigenvalue weighted by Crippen LogP contribution is -1.86. The van der Waals surface area contributed by atoms with Crippen LogP contribution in [-0.4, -0.2) is 0 Å². The summed E-state index contributed by atoms with van der Waals surface area (Å²) in [5.74, 6) is 0. The zero-order chi connectivity index (χ0) is 16.8. The van der Waals surface area contributed by atoms with Crippen LogP contribution in [0.25, 0.3) is 43.1 Å². The van der Waals surface area contributed by atoms with Gasteiger partial charge in [-0.3, -0.25) is 0 Å². The lowest BCUT2D eigenvalue weighted by Gasteiger charge is -2.10. The molecule has 0 saturated carbocycles. The zero-order valence-electron chi connectivity index (χ0n) is 14.0. The van der Waals surface area contributed by atoms with E-state index in [1.165, 1.54) is 48.7 Å². The van der Waals surface area contributed by atoms with Gasteiger partial charge in [-0.25, -0.2) is 0 Å². The van der Waals surface area contributed by atoms with Gasteiger partial charge in [0.1, 0.15) is 0 Å². The van der Waals surface area contributed by atoms with E-state index in [9.17, 15) is 0 Å². The van der Waals surface area contributed by atoms with Gasteiger partial charge in [0.25, 0.3) is 0 Å². The summed E-state index contributed by atoms with van der Waals surface area (Å²) >= 11 is 0. The molecule has 0 atom stereocenters. The van der Waals surface area contributed by atoms with Crippen molar-refractivity contribution in [3.63, 3.8) is 0 Å². The smallest absolute Gasteiger partial charge is 0.00940 e. The summed E-state index contributed by atoms with van der Waals surface area (Å²) < 4.78 is 0. The lowest BCUT2D eigenvalue weighted by atomic mass is 9.94. The van der Waals surface area contributed by atoms with Gasteiger partial charge in [-0.1, -0.05) is 60.7 Å². The Balaban J connectivity index is 1.94. The minimum Gasteiger partial charge on any atom is -0.103 e. The number of benzene rings is 5. The van der Waals surface area contributed by atoms with Crippen LogP contribution in [-0.2, 0) is 6.42 Å². The first-order valence-corrected chi connectivity index (χ1v) is 8.71.